The van der Waals surface area contributed by atoms with Gasteiger partial charge in [0.1, 0.15) is 5.82 Å². The number of hydrogen-bond acceptors (Lipinski definition) is 7. The van der Waals surface area contributed by atoms with Crippen LogP contribution in [-0.2, 0) is 13.0 Å². The van der Waals surface area contributed by atoms with Gasteiger partial charge in [0.05, 0.1) is 6.54 Å². The van der Waals surface area contributed by atoms with Gasteiger partial charge in [0.2, 0.25) is 5.95 Å². The van der Waals surface area contributed by atoms with Crippen LogP contribution in [0, 0.1) is 0 Å². The lowest BCUT2D eigenvalue weighted by Gasteiger charge is -2.33. The maximum absolute atomic E-state index is 11.9. The highest BCUT2D eigenvalue weighted by Crippen LogP contribution is 2.22. The molecule has 1 fully saturated rings. The lowest BCUT2D eigenvalue weighted by Crippen LogP contribution is -2.42. The summed E-state index contributed by atoms with van der Waals surface area (Å²) in [5.41, 5.74) is 0.508. The fourth-order valence-electron chi connectivity index (χ4n) is 3.72. The first-order valence-electron chi connectivity index (χ1n) is 8.98. The smallest absolute Gasteiger partial charge is 0.325 e. The molecule has 1 saturated heterocycles. The van der Waals surface area contributed by atoms with E-state index in [0.29, 0.717) is 42.8 Å². The van der Waals surface area contributed by atoms with Crippen LogP contribution in [0.3, 0.4) is 0 Å². The van der Waals surface area contributed by atoms with Gasteiger partial charge in [-0.2, -0.15) is 4.98 Å². The number of piperidine rings is 1. The van der Waals surface area contributed by atoms with Gasteiger partial charge in [-0.15, -0.1) is 0 Å². The molecule has 3 N–H and O–H groups in total. The second-order valence-corrected chi connectivity index (χ2v) is 6.84. The summed E-state index contributed by atoms with van der Waals surface area (Å²) in [5, 5.41) is 3.38. The molecule has 26 heavy (non-hydrogen) atoms. The minimum atomic E-state index is -0.476. The van der Waals surface area contributed by atoms with Crippen molar-refractivity contribution in [2.75, 3.05) is 36.5 Å². The third-order valence-electron chi connectivity index (χ3n) is 5.24. The summed E-state index contributed by atoms with van der Waals surface area (Å²) in [5.74, 6) is 1.52. The lowest BCUT2D eigenvalue weighted by molar-refractivity contribution is 0.441. The van der Waals surface area contributed by atoms with E-state index in [9.17, 15) is 9.59 Å². The van der Waals surface area contributed by atoms with Crippen LogP contribution >= 0.6 is 0 Å². The van der Waals surface area contributed by atoms with Crippen molar-refractivity contribution in [3.05, 3.63) is 44.4 Å². The van der Waals surface area contributed by atoms with Crippen LogP contribution < -0.4 is 26.4 Å². The molecule has 2 aromatic rings. The highest BCUT2D eigenvalue weighted by atomic mass is 16.2. The number of rotatable bonds is 3. The number of aromatic amines is 2. The van der Waals surface area contributed by atoms with Crippen LogP contribution in [0.2, 0.25) is 0 Å². The van der Waals surface area contributed by atoms with Crippen LogP contribution in [-0.4, -0.2) is 52.7 Å². The Labute approximate surface area is 150 Å². The predicted octanol–water partition coefficient (Wildman–Crippen LogP) is -0.396. The molecule has 0 aliphatic carbocycles. The molecule has 2 aliphatic rings. The molecule has 0 aromatic carbocycles. The molecule has 0 radical (unpaired) electrons. The summed E-state index contributed by atoms with van der Waals surface area (Å²) in [4.78, 5) is 41.8. The van der Waals surface area contributed by atoms with Gasteiger partial charge in [0, 0.05) is 37.1 Å². The van der Waals surface area contributed by atoms with E-state index >= 15 is 0 Å². The van der Waals surface area contributed by atoms with Crippen molar-refractivity contribution >= 4 is 11.8 Å². The predicted molar refractivity (Wildman–Crippen MR) is 98.8 cm³/mol. The van der Waals surface area contributed by atoms with Gasteiger partial charge >= 0.3 is 5.69 Å². The Balaban J connectivity index is 1.57. The van der Waals surface area contributed by atoms with Gasteiger partial charge in [-0.05, 0) is 38.4 Å². The number of fused-ring (bicyclic) bond motifs is 1. The van der Waals surface area contributed by atoms with E-state index < -0.39 is 5.69 Å². The van der Waals surface area contributed by atoms with Crippen molar-refractivity contribution in [2.24, 2.45) is 0 Å². The van der Waals surface area contributed by atoms with Crippen LogP contribution in [0.15, 0.2) is 21.9 Å². The number of nitrogens with zero attached hydrogens (tertiary/aromatic N) is 4. The van der Waals surface area contributed by atoms with Crippen molar-refractivity contribution < 1.29 is 0 Å². The summed E-state index contributed by atoms with van der Waals surface area (Å²) in [6.45, 7) is 3.12. The van der Waals surface area contributed by atoms with Gasteiger partial charge in [0.25, 0.3) is 5.56 Å². The van der Waals surface area contributed by atoms with Crippen LogP contribution in [0.25, 0.3) is 0 Å². The Morgan fingerprint density at radius 2 is 2.04 bits per heavy atom. The highest BCUT2D eigenvalue weighted by Gasteiger charge is 2.23. The van der Waals surface area contributed by atoms with Crippen molar-refractivity contribution in [3.63, 3.8) is 0 Å². The molecular weight excluding hydrogens is 334 g/mol. The van der Waals surface area contributed by atoms with Gasteiger partial charge in [-0.1, -0.05) is 0 Å². The van der Waals surface area contributed by atoms with Crippen molar-refractivity contribution in [1.82, 2.24) is 25.3 Å². The molecular formula is C17H23N7O2. The van der Waals surface area contributed by atoms with E-state index in [1.54, 1.807) is 6.20 Å². The minimum absolute atomic E-state index is 0.302. The quantitative estimate of drug-likeness (QED) is 0.686. The number of aromatic nitrogens is 4. The third kappa shape index (κ3) is 3.22. The topological polar surface area (TPSA) is 110 Å². The zero-order valence-corrected chi connectivity index (χ0v) is 14.8. The minimum Gasteiger partial charge on any atom is -0.356 e. The molecule has 0 amide bonds. The zero-order chi connectivity index (χ0) is 18.1. The average Bonchev–Trinajstić information content (AvgIpc) is 2.67. The molecule has 138 valence electrons. The monoisotopic (exact) mass is 357 g/mol. The maximum Gasteiger partial charge on any atom is 0.325 e. The number of H-pyrrole nitrogens is 2. The molecule has 9 nitrogen and oxygen atoms in total. The Morgan fingerprint density at radius 3 is 2.85 bits per heavy atom. The summed E-state index contributed by atoms with van der Waals surface area (Å²) in [7, 11) is 2.07. The summed E-state index contributed by atoms with van der Waals surface area (Å²) in [6, 6.07) is 2.40. The third-order valence-corrected chi connectivity index (χ3v) is 5.24. The SMILES string of the molecule is CN(c1ccnc(N2CCc3c([nH]c(=O)[nH]c3=O)C2)n1)C1CCNCC1. The molecule has 2 aliphatic heterocycles. The Morgan fingerprint density at radius 1 is 1.23 bits per heavy atom. The standard InChI is InChI=1S/C17H23N7O2/c1-23(11-2-6-18-7-3-11)14-4-8-19-16(21-14)24-9-5-12-13(10-24)20-17(26)22-15(12)25/h4,8,11,18H,2-3,5-7,9-10H2,1H3,(H2,20,22,25,26). The van der Waals surface area contributed by atoms with E-state index in [4.69, 9.17) is 4.98 Å². The molecule has 0 atom stereocenters. The Bertz CT molecular complexity index is 900. The van der Waals surface area contributed by atoms with E-state index in [0.717, 1.165) is 31.7 Å². The van der Waals surface area contributed by atoms with Crippen LogP contribution in [0.4, 0.5) is 11.8 Å². The molecule has 0 unspecified atom stereocenters. The highest BCUT2D eigenvalue weighted by molar-refractivity contribution is 5.45. The molecule has 4 rings (SSSR count). The first kappa shape index (κ1) is 16.8. The van der Waals surface area contributed by atoms with Crippen molar-refractivity contribution in [1.29, 1.82) is 0 Å². The lowest BCUT2D eigenvalue weighted by atomic mass is 10.1. The molecule has 0 saturated carbocycles. The van der Waals surface area contributed by atoms with Gasteiger partial charge < -0.3 is 20.1 Å². The normalized spacial score (nSPS) is 17.8. The number of nitrogens with one attached hydrogen (secondary N) is 3. The molecule has 0 bridgehead atoms. The van der Waals surface area contributed by atoms with E-state index in [1.165, 1.54) is 0 Å². The van der Waals surface area contributed by atoms with Crippen molar-refractivity contribution in [3.8, 4) is 0 Å². The molecule has 9 heteroatoms. The number of hydrogen-bond donors (Lipinski definition) is 3. The fourth-order valence-corrected chi connectivity index (χ4v) is 3.72. The molecule has 4 heterocycles. The van der Waals surface area contributed by atoms with Gasteiger partial charge in [-0.3, -0.25) is 9.78 Å². The summed E-state index contributed by atoms with van der Waals surface area (Å²) < 4.78 is 0. The van der Waals surface area contributed by atoms with Crippen molar-refractivity contribution in [2.45, 2.75) is 31.8 Å². The van der Waals surface area contributed by atoms with Gasteiger partial charge in [-0.25, -0.2) is 9.78 Å². The van der Waals surface area contributed by atoms with E-state index in [1.807, 2.05) is 11.0 Å². The average molecular weight is 357 g/mol. The van der Waals surface area contributed by atoms with Crippen LogP contribution in [0.5, 0.6) is 0 Å². The van der Waals surface area contributed by atoms with E-state index in [2.05, 4.69) is 32.2 Å². The molecule has 2 aromatic heterocycles. The number of anilines is 2. The largest absolute Gasteiger partial charge is 0.356 e. The zero-order valence-electron chi connectivity index (χ0n) is 14.8. The summed E-state index contributed by atoms with van der Waals surface area (Å²) in [6.07, 6.45) is 4.51. The molecule has 0 spiro atoms. The second-order valence-electron chi connectivity index (χ2n) is 6.84. The maximum atomic E-state index is 11.9. The Hall–Kier alpha value is -2.68. The fraction of sp³-hybridized carbons (Fsp3) is 0.529. The second kappa shape index (κ2) is 6.91. The first-order valence-corrected chi connectivity index (χ1v) is 8.98. The Kier molecular flexibility index (Phi) is 4.46. The van der Waals surface area contributed by atoms with Gasteiger partial charge in [0.15, 0.2) is 0 Å². The first-order chi connectivity index (χ1) is 12.6. The summed E-state index contributed by atoms with van der Waals surface area (Å²) >= 11 is 0. The van der Waals surface area contributed by atoms with E-state index in [-0.39, 0.29) is 5.56 Å². The van der Waals surface area contributed by atoms with Crippen LogP contribution in [0.1, 0.15) is 24.1 Å².